The van der Waals surface area contributed by atoms with Crippen molar-refractivity contribution >= 4 is 11.9 Å². The second-order valence-corrected chi connectivity index (χ2v) is 6.25. The third-order valence-electron chi connectivity index (χ3n) is 4.55. The molecule has 1 saturated carbocycles. The fraction of sp³-hybridized carbons (Fsp3) is 0.529. The molecule has 1 aliphatic rings. The van der Waals surface area contributed by atoms with Gasteiger partial charge in [-0.05, 0) is 38.0 Å². The average molecular weight is 357 g/mol. The fourth-order valence-corrected chi connectivity index (χ4v) is 3.21. The minimum Gasteiger partial charge on any atom is -0.493 e. The van der Waals surface area contributed by atoms with Crippen LogP contribution < -0.4 is 14.8 Å². The number of hydrogen-bond donors (Lipinski definition) is 2. The number of rotatable bonds is 6. The van der Waals surface area contributed by atoms with Crippen LogP contribution in [0.25, 0.3) is 0 Å². The van der Waals surface area contributed by atoms with Gasteiger partial charge in [-0.1, -0.05) is 12.8 Å². The molecule has 138 valence electrons. The molecule has 6 nitrogen and oxygen atoms in total. The van der Waals surface area contributed by atoms with E-state index >= 15 is 0 Å². The number of ether oxygens (including phenoxy) is 2. The van der Waals surface area contributed by atoms with Crippen LogP contribution in [-0.4, -0.2) is 36.2 Å². The Morgan fingerprint density at radius 2 is 2.04 bits per heavy atom. The van der Waals surface area contributed by atoms with Gasteiger partial charge in [0.15, 0.2) is 11.5 Å². The molecule has 1 aromatic rings. The second kappa shape index (κ2) is 7.67. The Morgan fingerprint density at radius 1 is 1.32 bits per heavy atom. The largest absolute Gasteiger partial charge is 0.493 e. The maximum absolute atomic E-state index is 12.5. The van der Waals surface area contributed by atoms with Gasteiger partial charge in [0.25, 0.3) is 5.91 Å². The number of hydrogen-bond acceptors (Lipinski definition) is 4. The van der Waals surface area contributed by atoms with Crippen molar-refractivity contribution < 1.29 is 33.0 Å². The molecule has 8 heteroatoms. The van der Waals surface area contributed by atoms with Crippen LogP contribution in [0.5, 0.6) is 11.5 Å². The smallest absolute Gasteiger partial charge is 0.387 e. The highest BCUT2D eigenvalue weighted by Crippen LogP contribution is 2.35. The van der Waals surface area contributed by atoms with Gasteiger partial charge in [0.05, 0.1) is 18.6 Å². The summed E-state index contributed by atoms with van der Waals surface area (Å²) in [6.07, 6.45) is 2.68. The summed E-state index contributed by atoms with van der Waals surface area (Å²) in [7, 11) is 1.28. The van der Waals surface area contributed by atoms with Gasteiger partial charge in [-0.15, -0.1) is 0 Å². The molecule has 2 rings (SSSR count). The van der Waals surface area contributed by atoms with Crippen molar-refractivity contribution in [1.82, 2.24) is 5.32 Å². The molecule has 2 unspecified atom stereocenters. The van der Waals surface area contributed by atoms with Crippen LogP contribution in [0.15, 0.2) is 18.2 Å². The van der Waals surface area contributed by atoms with Crippen LogP contribution in [0.4, 0.5) is 8.78 Å². The maximum Gasteiger partial charge on any atom is 0.387 e. The number of carbonyl (C=O) groups excluding carboxylic acids is 1. The average Bonchev–Trinajstić information content (AvgIpc) is 2.54. The first-order chi connectivity index (χ1) is 11.8. The summed E-state index contributed by atoms with van der Waals surface area (Å²) in [6.45, 7) is -1.29. The number of benzene rings is 1. The summed E-state index contributed by atoms with van der Waals surface area (Å²) in [5, 5.41) is 12.2. The Kier molecular flexibility index (Phi) is 5.81. The van der Waals surface area contributed by atoms with Crippen LogP contribution in [0.3, 0.4) is 0 Å². The lowest BCUT2D eigenvalue weighted by Crippen LogP contribution is -2.55. The van der Waals surface area contributed by atoms with Crippen LogP contribution in [0.1, 0.15) is 43.0 Å². The molecule has 1 aliphatic carbocycles. The van der Waals surface area contributed by atoms with E-state index in [9.17, 15) is 23.5 Å². The molecule has 1 aromatic carbocycles. The lowest BCUT2D eigenvalue weighted by atomic mass is 9.73. The van der Waals surface area contributed by atoms with Crippen molar-refractivity contribution in [2.24, 2.45) is 5.92 Å². The predicted octanol–water partition coefficient (Wildman–Crippen LogP) is 3.06. The molecule has 0 saturated heterocycles. The number of aliphatic carboxylic acids is 1. The van der Waals surface area contributed by atoms with E-state index in [-0.39, 0.29) is 17.1 Å². The molecule has 2 N–H and O–H groups in total. The number of carboxylic acids is 1. The first-order valence-corrected chi connectivity index (χ1v) is 7.95. The van der Waals surface area contributed by atoms with E-state index in [1.807, 2.05) is 0 Å². The molecule has 0 spiro atoms. The number of amides is 1. The van der Waals surface area contributed by atoms with Crippen molar-refractivity contribution in [3.63, 3.8) is 0 Å². The lowest BCUT2D eigenvalue weighted by Gasteiger charge is -2.39. The van der Waals surface area contributed by atoms with Crippen molar-refractivity contribution in [1.29, 1.82) is 0 Å². The fourth-order valence-electron chi connectivity index (χ4n) is 3.21. The van der Waals surface area contributed by atoms with E-state index in [0.29, 0.717) is 12.8 Å². The summed E-state index contributed by atoms with van der Waals surface area (Å²) in [5.74, 6) is -2.29. The summed E-state index contributed by atoms with van der Waals surface area (Å²) < 4.78 is 34.0. The van der Waals surface area contributed by atoms with Gasteiger partial charge in [0.1, 0.15) is 0 Å². The SMILES string of the molecule is COc1cc(C(=O)NC2(C)CCCCC2C(=O)O)ccc1OC(F)F. The van der Waals surface area contributed by atoms with E-state index in [0.717, 1.165) is 12.8 Å². The van der Waals surface area contributed by atoms with Crippen molar-refractivity contribution in [3.05, 3.63) is 23.8 Å². The minimum absolute atomic E-state index is 0.00321. The first-order valence-electron chi connectivity index (χ1n) is 7.95. The molecule has 25 heavy (non-hydrogen) atoms. The standard InChI is InChI=1S/C17H21F2NO5/c1-17(8-4-3-5-11(17)15(22)23)20-14(21)10-6-7-12(25-16(18)19)13(9-10)24-2/h6-7,9,11,16H,3-5,8H2,1-2H3,(H,20,21)(H,22,23). The highest BCUT2D eigenvalue weighted by atomic mass is 19.3. The Labute approximate surface area is 144 Å². The molecule has 0 heterocycles. The third-order valence-corrected chi connectivity index (χ3v) is 4.55. The minimum atomic E-state index is -3.01. The van der Waals surface area contributed by atoms with Gasteiger partial charge in [-0.3, -0.25) is 9.59 Å². The summed E-state index contributed by atoms with van der Waals surface area (Å²) >= 11 is 0. The maximum atomic E-state index is 12.5. The Balaban J connectivity index is 2.21. The van der Waals surface area contributed by atoms with Gasteiger partial charge in [0.2, 0.25) is 0 Å². The van der Waals surface area contributed by atoms with E-state index in [1.165, 1.54) is 25.3 Å². The molecule has 1 fully saturated rings. The number of carbonyl (C=O) groups is 2. The zero-order valence-corrected chi connectivity index (χ0v) is 14.1. The monoisotopic (exact) mass is 357 g/mol. The molecule has 0 bridgehead atoms. The van der Waals surface area contributed by atoms with Crippen molar-refractivity contribution in [3.8, 4) is 11.5 Å². The molecular weight excluding hydrogens is 336 g/mol. The topological polar surface area (TPSA) is 84.9 Å². The van der Waals surface area contributed by atoms with Crippen LogP contribution >= 0.6 is 0 Å². The van der Waals surface area contributed by atoms with E-state index < -0.39 is 29.9 Å². The van der Waals surface area contributed by atoms with Gasteiger partial charge in [-0.25, -0.2) is 0 Å². The van der Waals surface area contributed by atoms with Gasteiger partial charge < -0.3 is 19.9 Å². The van der Waals surface area contributed by atoms with Gasteiger partial charge in [-0.2, -0.15) is 8.78 Å². The normalized spacial score (nSPS) is 23.2. The number of carboxylic acid groups (broad SMARTS) is 1. The molecule has 0 radical (unpaired) electrons. The number of alkyl halides is 2. The summed E-state index contributed by atoms with van der Waals surface area (Å²) in [6, 6.07) is 3.84. The van der Waals surface area contributed by atoms with Crippen molar-refractivity contribution in [2.75, 3.05) is 7.11 Å². The lowest BCUT2D eigenvalue weighted by molar-refractivity contribution is -0.145. The molecule has 0 aliphatic heterocycles. The van der Waals surface area contributed by atoms with Gasteiger partial charge >= 0.3 is 12.6 Å². The second-order valence-electron chi connectivity index (χ2n) is 6.25. The van der Waals surface area contributed by atoms with Crippen molar-refractivity contribution in [2.45, 2.75) is 44.8 Å². The predicted molar refractivity (Wildman–Crippen MR) is 85.1 cm³/mol. The first kappa shape index (κ1) is 19.0. The Morgan fingerprint density at radius 3 is 2.64 bits per heavy atom. The summed E-state index contributed by atoms with van der Waals surface area (Å²) in [4.78, 5) is 24.0. The Hall–Kier alpha value is -2.38. The molecule has 0 aromatic heterocycles. The van der Waals surface area contributed by atoms with Crippen LogP contribution in [0.2, 0.25) is 0 Å². The molecule has 2 atom stereocenters. The Bertz CT molecular complexity index is 652. The van der Waals surface area contributed by atoms with E-state index in [4.69, 9.17) is 4.74 Å². The zero-order valence-electron chi connectivity index (χ0n) is 14.1. The van der Waals surface area contributed by atoms with E-state index in [1.54, 1.807) is 6.92 Å². The quantitative estimate of drug-likeness (QED) is 0.817. The van der Waals surface area contributed by atoms with Crippen LogP contribution in [-0.2, 0) is 4.79 Å². The number of methoxy groups -OCH3 is 1. The van der Waals surface area contributed by atoms with Gasteiger partial charge in [0, 0.05) is 5.56 Å². The molecule has 1 amide bonds. The highest BCUT2D eigenvalue weighted by molar-refractivity contribution is 5.95. The number of halogens is 2. The highest BCUT2D eigenvalue weighted by Gasteiger charge is 2.42. The zero-order chi connectivity index (χ0) is 18.6. The third kappa shape index (κ3) is 4.37. The summed E-state index contributed by atoms with van der Waals surface area (Å²) in [5.41, 5.74) is -0.693. The van der Waals surface area contributed by atoms with E-state index in [2.05, 4.69) is 10.1 Å². The molecular formula is C17H21F2NO5. The van der Waals surface area contributed by atoms with Crippen LogP contribution in [0, 0.1) is 5.92 Å². The number of nitrogens with one attached hydrogen (secondary N) is 1.